The lowest BCUT2D eigenvalue weighted by molar-refractivity contribution is -0.121. The molecule has 32 heavy (non-hydrogen) atoms. The maximum absolute atomic E-state index is 12.6. The molecule has 0 aliphatic heterocycles. The van der Waals surface area contributed by atoms with Crippen molar-refractivity contribution >= 4 is 18.0 Å². The molecule has 0 heterocycles. The molecule has 0 radical (unpaired) electrons. The van der Waals surface area contributed by atoms with E-state index in [0.717, 1.165) is 5.56 Å². The molecule has 2 N–H and O–H groups in total. The normalized spacial score (nSPS) is 11.6. The van der Waals surface area contributed by atoms with E-state index < -0.39 is 6.04 Å². The predicted molar refractivity (Wildman–Crippen MR) is 123 cm³/mol. The van der Waals surface area contributed by atoms with Gasteiger partial charge in [-0.1, -0.05) is 48.5 Å². The van der Waals surface area contributed by atoms with Crippen LogP contribution in [0.1, 0.15) is 33.9 Å². The Labute approximate surface area is 187 Å². The maximum Gasteiger partial charge on any atom is 0.251 e. The standard InChI is InChI=1S/C25H25N3O4/c1-31-21-13-14-23(32-2)20(15-21)17-26-28-24(29)16-22(18-9-5-3-6-10-18)27-25(30)19-11-7-4-8-12-19/h3-15,17,22H,16H2,1-2H3,(H,27,30)(H,28,29)/b26-17-/t22-/m0/s1. The molecule has 0 bridgehead atoms. The number of hydrogen-bond donors (Lipinski definition) is 2. The van der Waals surface area contributed by atoms with E-state index in [9.17, 15) is 9.59 Å². The second kappa shape index (κ2) is 11.3. The summed E-state index contributed by atoms with van der Waals surface area (Å²) in [7, 11) is 3.12. The highest BCUT2D eigenvalue weighted by Crippen LogP contribution is 2.22. The number of methoxy groups -OCH3 is 2. The number of carbonyl (C=O) groups is 2. The molecule has 0 unspecified atom stereocenters. The fraction of sp³-hybridized carbons (Fsp3) is 0.160. The van der Waals surface area contributed by atoms with Crippen LogP contribution in [0, 0.1) is 0 Å². The fourth-order valence-corrected chi connectivity index (χ4v) is 3.11. The van der Waals surface area contributed by atoms with Crippen LogP contribution in [0.25, 0.3) is 0 Å². The fourth-order valence-electron chi connectivity index (χ4n) is 3.11. The van der Waals surface area contributed by atoms with E-state index in [1.165, 1.54) is 6.21 Å². The van der Waals surface area contributed by atoms with Gasteiger partial charge >= 0.3 is 0 Å². The van der Waals surface area contributed by atoms with E-state index in [0.29, 0.717) is 22.6 Å². The number of benzene rings is 3. The summed E-state index contributed by atoms with van der Waals surface area (Å²) in [4.78, 5) is 25.2. The highest BCUT2D eigenvalue weighted by molar-refractivity contribution is 5.94. The van der Waals surface area contributed by atoms with Crippen molar-refractivity contribution in [2.24, 2.45) is 5.10 Å². The lowest BCUT2D eigenvalue weighted by Crippen LogP contribution is -2.32. The van der Waals surface area contributed by atoms with Crippen molar-refractivity contribution < 1.29 is 19.1 Å². The first kappa shape index (κ1) is 22.6. The molecule has 2 amide bonds. The average molecular weight is 431 g/mol. The number of carbonyl (C=O) groups excluding carboxylic acids is 2. The van der Waals surface area contributed by atoms with Crippen molar-refractivity contribution in [3.63, 3.8) is 0 Å². The number of ether oxygens (including phenoxy) is 2. The summed E-state index contributed by atoms with van der Waals surface area (Å²) in [6.07, 6.45) is 1.51. The largest absolute Gasteiger partial charge is 0.497 e. The quantitative estimate of drug-likeness (QED) is 0.399. The number of nitrogens with zero attached hydrogens (tertiary/aromatic N) is 1. The van der Waals surface area contributed by atoms with Crippen molar-refractivity contribution in [3.8, 4) is 11.5 Å². The topological polar surface area (TPSA) is 89.0 Å². The van der Waals surface area contributed by atoms with Crippen LogP contribution < -0.4 is 20.2 Å². The Morgan fingerprint density at radius 2 is 1.62 bits per heavy atom. The van der Waals surface area contributed by atoms with Crippen LogP contribution >= 0.6 is 0 Å². The number of nitrogens with one attached hydrogen (secondary N) is 2. The minimum atomic E-state index is -0.509. The zero-order valence-corrected chi connectivity index (χ0v) is 17.9. The molecule has 0 aliphatic carbocycles. The molecule has 0 fully saturated rings. The Balaban J connectivity index is 1.69. The van der Waals surface area contributed by atoms with E-state index >= 15 is 0 Å². The van der Waals surface area contributed by atoms with E-state index in [1.807, 2.05) is 36.4 Å². The summed E-state index contributed by atoms with van der Waals surface area (Å²) in [5.41, 5.74) is 4.52. The Morgan fingerprint density at radius 3 is 2.28 bits per heavy atom. The number of amides is 2. The van der Waals surface area contributed by atoms with Crippen LogP contribution in [-0.4, -0.2) is 32.2 Å². The molecule has 164 valence electrons. The van der Waals surface area contributed by atoms with Gasteiger partial charge in [0.1, 0.15) is 11.5 Å². The molecule has 3 rings (SSSR count). The molecule has 7 nitrogen and oxygen atoms in total. The molecule has 0 saturated carbocycles. The van der Waals surface area contributed by atoms with Crippen molar-refractivity contribution in [2.75, 3.05) is 14.2 Å². The molecular weight excluding hydrogens is 406 g/mol. The van der Waals surface area contributed by atoms with Gasteiger partial charge in [-0.25, -0.2) is 5.43 Å². The van der Waals surface area contributed by atoms with Gasteiger partial charge in [0.05, 0.1) is 32.9 Å². The highest BCUT2D eigenvalue weighted by Gasteiger charge is 2.19. The monoisotopic (exact) mass is 431 g/mol. The van der Waals surface area contributed by atoms with Crippen molar-refractivity contribution in [3.05, 3.63) is 95.6 Å². The Kier molecular flexibility index (Phi) is 7.97. The lowest BCUT2D eigenvalue weighted by atomic mass is 10.0. The first-order valence-electron chi connectivity index (χ1n) is 10.1. The summed E-state index contributed by atoms with van der Waals surface area (Å²) in [5, 5.41) is 6.97. The number of rotatable bonds is 9. The van der Waals surface area contributed by atoms with Crippen molar-refractivity contribution in [1.82, 2.24) is 10.7 Å². The molecule has 7 heteroatoms. The maximum atomic E-state index is 12.6. The third-order valence-electron chi connectivity index (χ3n) is 4.76. The summed E-state index contributed by atoms with van der Waals surface area (Å²) >= 11 is 0. The third-order valence-corrected chi connectivity index (χ3v) is 4.76. The third kappa shape index (κ3) is 6.18. The molecule has 3 aromatic rings. The van der Waals surface area contributed by atoms with Gasteiger partial charge in [0, 0.05) is 11.1 Å². The minimum Gasteiger partial charge on any atom is -0.497 e. The van der Waals surface area contributed by atoms with Crippen LogP contribution in [0.3, 0.4) is 0 Å². The van der Waals surface area contributed by atoms with Gasteiger partial charge in [0.2, 0.25) is 5.91 Å². The van der Waals surface area contributed by atoms with Gasteiger partial charge in [-0.15, -0.1) is 0 Å². The van der Waals surface area contributed by atoms with Gasteiger partial charge in [0.25, 0.3) is 5.91 Å². The summed E-state index contributed by atoms with van der Waals surface area (Å²) in [6, 6.07) is 23.0. The predicted octanol–water partition coefficient (Wildman–Crippen LogP) is 3.72. The highest BCUT2D eigenvalue weighted by atomic mass is 16.5. The van der Waals surface area contributed by atoms with Gasteiger partial charge < -0.3 is 14.8 Å². The molecule has 3 aromatic carbocycles. The Bertz CT molecular complexity index is 1070. The van der Waals surface area contributed by atoms with Crippen molar-refractivity contribution in [1.29, 1.82) is 0 Å². The van der Waals surface area contributed by atoms with Crippen LogP contribution in [0.4, 0.5) is 0 Å². The minimum absolute atomic E-state index is 0.0230. The Hall–Kier alpha value is -4.13. The van der Waals surface area contributed by atoms with E-state index in [2.05, 4.69) is 15.8 Å². The van der Waals surface area contributed by atoms with Gasteiger partial charge in [-0.3, -0.25) is 9.59 Å². The van der Waals surface area contributed by atoms with Gasteiger partial charge in [0.15, 0.2) is 0 Å². The van der Waals surface area contributed by atoms with Crippen LogP contribution in [0.15, 0.2) is 84.0 Å². The average Bonchev–Trinajstić information content (AvgIpc) is 2.84. The second-order valence-electron chi connectivity index (χ2n) is 6.91. The zero-order valence-electron chi connectivity index (χ0n) is 17.9. The first-order chi connectivity index (χ1) is 15.6. The number of hydrogen-bond acceptors (Lipinski definition) is 5. The molecule has 1 atom stereocenters. The second-order valence-corrected chi connectivity index (χ2v) is 6.91. The summed E-state index contributed by atoms with van der Waals surface area (Å²) in [6.45, 7) is 0. The van der Waals surface area contributed by atoms with E-state index in [1.54, 1.807) is 56.7 Å². The van der Waals surface area contributed by atoms with E-state index in [-0.39, 0.29) is 18.2 Å². The molecule has 0 saturated heterocycles. The SMILES string of the molecule is COc1ccc(OC)c(/C=N\NC(=O)C[C@H](NC(=O)c2ccccc2)c2ccccc2)c1. The smallest absolute Gasteiger partial charge is 0.251 e. The van der Waals surface area contributed by atoms with Crippen LogP contribution in [0.5, 0.6) is 11.5 Å². The molecule has 0 spiro atoms. The summed E-state index contributed by atoms with van der Waals surface area (Å²) in [5.74, 6) is 0.648. The lowest BCUT2D eigenvalue weighted by Gasteiger charge is -2.18. The van der Waals surface area contributed by atoms with Gasteiger partial charge in [-0.2, -0.15) is 5.10 Å². The molecule has 0 aliphatic rings. The Morgan fingerprint density at radius 1 is 0.938 bits per heavy atom. The van der Waals surface area contributed by atoms with Crippen LogP contribution in [0.2, 0.25) is 0 Å². The van der Waals surface area contributed by atoms with E-state index in [4.69, 9.17) is 9.47 Å². The zero-order chi connectivity index (χ0) is 22.8. The van der Waals surface area contributed by atoms with Crippen LogP contribution in [-0.2, 0) is 4.79 Å². The molecule has 0 aromatic heterocycles. The van der Waals surface area contributed by atoms with Gasteiger partial charge in [-0.05, 0) is 35.9 Å². The number of hydrazone groups is 1. The molecular formula is C25H25N3O4. The van der Waals surface area contributed by atoms with Crippen molar-refractivity contribution in [2.45, 2.75) is 12.5 Å². The first-order valence-corrected chi connectivity index (χ1v) is 10.1. The summed E-state index contributed by atoms with van der Waals surface area (Å²) < 4.78 is 10.5.